The third kappa shape index (κ3) is 4.08. The minimum atomic E-state index is -4.23. The van der Waals surface area contributed by atoms with Crippen LogP contribution >= 0.6 is 0 Å². The topological polar surface area (TPSA) is 106 Å². The minimum Gasteiger partial charge on any atom is -0.349 e. The zero-order valence-electron chi connectivity index (χ0n) is 11.0. The van der Waals surface area contributed by atoms with Crippen molar-refractivity contribution < 1.29 is 21.8 Å². The zero-order chi connectivity index (χ0) is 15.6. The van der Waals surface area contributed by atoms with Crippen molar-refractivity contribution in [2.24, 2.45) is 5.14 Å². The number of carbonyl (C=O) groups excluding carboxylic acids is 1. The Morgan fingerprint density at radius 1 is 1.33 bits per heavy atom. The molecule has 1 saturated heterocycles. The Balaban J connectivity index is 2.15. The molecule has 3 N–H and O–H groups in total. The van der Waals surface area contributed by atoms with E-state index >= 15 is 0 Å². The maximum absolute atomic E-state index is 13.4. The quantitative estimate of drug-likeness (QED) is 0.818. The third-order valence-corrected chi connectivity index (χ3v) is 5.53. The van der Waals surface area contributed by atoms with Crippen molar-refractivity contribution in [3.8, 4) is 0 Å². The number of sulfonamides is 1. The fourth-order valence-corrected chi connectivity index (χ4v) is 4.00. The molecule has 0 spiro atoms. The van der Waals surface area contributed by atoms with Crippen LogP contribution in [0.5, 0.6) is 0 Å². The Morgan fingerprint density at radius 3 is 2.52 bits per heavy atom. The van der Waals surface area contributed by atoms with Gasteiger partial charge in [-0.25, -0.2) is 17.9 Å². The van der Waals surface area contributed by atoms with Gasteiger partial charge in [-0.2, -0.15) is 0 Å². The summed E-state index contributed by atoms with van der Waals surface area (Å²) in [5, 5.41) is 7.62. The highest BCUT2D eigenvalue weighted by Gasteiger charge is 2.22. The van der Waals surface area contributed by atoms with Crippen LogP contribution in [0.2, 0.25) is 0 Å². The Hall–Kier alpha value is -1.32. The second-order valence-corrected chi connectivity index (χ2v) is 8.01. The lowest BCUT2D eigenvalue weighted by atomic mass is 10.1. The number of amides is 1. The molecular formula is C12H15FN2O4S2. The molecule has 1 amide bonds. The molecule has 1 fully saturated rings. The first-order valence-electron chi connectivity index (χ1n) is 6.25. The van der Waals surface area contributed by atoms with E-state index < -0.39 is 37.4 Å². The summed E-state index contributed by atoms with van der Waals surface area (Å²) in [5.74, 6) is -0.451. The molecular weight excluding hydrogens is 319 g/mol. The van der Waals surface area contributed by atoms with Crippen LogP contribution in [0.25, 0.3) is 0 Å². The number of hydrogen-bond donors (Lipinski definition) is 2. The third-order valence-electron chi connectivity index (χ3n) is 3.22. The number of nitrogens with one attached hydrogen (secondary N) is 1. The summed E-state index contributed by atoms with van der Waals surface area (Å²) in [6.45, 7) is 0. The minimum absolute atomic E-state index is 0.0205. The Bertz CT molecular complexity index is 680. The molecule has 1 aliphatic heterocycles. The second-order valence-electron chi connectivity index (χ2n) is 4.79. The van der Waals surface area contributed by atoms with E-state index in [0.29, 0.717) is 24.3 Å². The van der Waals surface area contributed by atoms with Crippen LogP contribution in [0.15, 0.2) is 23.1 Å². The summed E-state index contributed by atoms with van der Waals surface area (Å²) >= 11 is 0. The molecule has 1 aromatic carbocycles. The van der Waals surface area contributed by atoms with Crippen LogP contribution in [-0.4, -0.2) is 36.1 Å². The first-order valence-corrected chi connectivity index (χ1v) is 9.29. The van der Waals surface area contributed by atoms with E-state index in [-0.39, 0.29) is 11.6 Å². The van der Waals surface area contributed by atoms with Crippen molar-refractivity contribution in [1.82, 2.24) is 5.32 Å². The molecule has 1 heterocycles. The lowest BCUT2D eigenvalue weighted by Gasteiger charge is -2.22. The van der Waals surface area contributed by atoms with Crippen molar-refractivity contribution in [1.29, 1.82) is 0 Å². The van der Waals surface area contributed by atoms with Crippen LogP contribution < -0.4 is 10.5 Å². The van der Waals surface area contributed by atoms with Gasteiger partial charge in [0.1, 0.15) is 10.7 Å². The van der Waals surface area contributed by atoms with Gasteiger partial charge in [-0.15, -0.1) is 0 Å². The lowest BCUT2D eigenvalue weighted by molar-refractivity contribution is 0.0934. The highest BCUT2D eigenvalue weighted by Crippen LogP contribution is 2.16. The maximum atomic E-state index is 13.4. The Kier molecular flexibility index (Phi) is 4.74. The lowest BCUT2D eigenvalue weighted by Crippen LogP contribution is -2.39. The summed E-state index contributed by atoms with van der Waals surface area (Å²) in [5.41, 5.74) is 0.0205. The molecule has 0 bridgehead atoms. The number of primary sulfonamides is 1. The van der Waals surface area contributed by atoms with E-state index in [9.17, 15) is 21.8 Å². The summed E-state index contributed by atoms with van der Waals surface area (Å²) in [6.07, 6.45) is 1.20. The van der Waals surface area contributed by atoms with Gasteiger partial charge in [0.15, 0.2) is 0 Å². The average molecular weight is 334 g/mol. The predicted molar refractivity (Wildman–Crippen MR) is 76.1 cm³/mol. The highest BCUT2D eigenvalue weighted by atomic mass is 32.2. The van der Waals surface area contributed by atoms with Crippen LogP contribution in [0.4, 0.5) is 4.39 Å². The van der Waals surface area contributed by atoms with Gasteiger partial charge in [0.2, 0.25) is 10.0 Å². The van der Waals surface area contributed by atoms with Gasteiger partial charge < -0.3 is 5.32 Å². The smallest absolute Gasteiger partial charge is 0.251 e. The van der Waals surface area contributed by atoms with Gasteiger partial charge in [-0.05, 0) is 31.0 Å². The zero-order valence-corrected chi connectivity index (χ0v) is 12.7. The fraction of sp³-hybridized carbons (Fsp3) is 0.417. The standard InChI is InChI=1S/C12H15FN2O4S2/c13-10-2-1-8(7-11(10)21(14,18)19)12(16)15-9-3-5-20(17)6-4-9/h1-2,7,9H,3-6H2,(H,15,16)(H2,14,18,19). The number of nitrogens with two attached hydrogens (primary N) is 1. The SMILES string of the molecule is NS(=O)(=O)c1cc(C(=O)NC2CCS(=O)CC2)ccc1F. The van der Waals surface area contributed by atoms with Crippen molar-refractivity contribution in [2.75, 3.05) is 11.5 Å². The predicted octanol–water partition coefficient (Wildman–Crippen LogP) is 0.114. The van der Waals surface area contributed by atoms with Crippen molar-refractivity contribution in [2.45, 2.75) is 23.8 Å². The number of carbonyl (C=O) groups is 1. The molecule has 0 unspecified atom stereocenters. The van der Waals surface area contributed by atoms with E-state index in [1.54, 1.807) is 0 Å². The maximum Gasteiger partial charge on any atom is 0.251 e. The van der Waals surface area contributed by atoms with Crippen molar-refractivity contribution in [3.05, 3.63) is 29.6 Å². The Labute approximate surface area is 124 Å². The van der Waals surface area contributed by atoms with Gasteiger partial charge in [-0.1, -0.05) is 0 Å². The first kappa shape index (κ1) is 16.1. The van der Waals surface area contributed by atoms with Crippen molar-refractivity contribution >= 4 is 26.7 Å². The monoisotopic (exact) mass is 334 g/mol. The van der Waals surface area contributed by atoms with Crippen LogP contribution in [0.1, 0.15) is 23.2 Å². The molecule has 6 nitrogen and oxygen atoms in total. The molecule has 1 aromatic rings. The van der Waals surface area contributed by atoms with E-state index in [0.717, 1.165) is 12.1 Å². The van der Waals surface area contributed by atoms with E-state index in [1.807, 2.05) is 0 Å². The second kappa shape index (κ2) is 6.20. The highest BCUT2D eigenvalue weighted by molar-refractivity contribution is 7.89. The average Bonchev–Trinajstić information content (AvgIpc) is 2.40. The van der Waals surface area contributed by atoms with Crippen LogP contribution in [0, 0.1) is 5.82 Å². The van der Waals surface area contributed by atoms with Gasteiger partial charge in [0.25, 0.3) is 5.91 Å². The number of halogens is 1. The molecule has 0 saturated carbocycles. The molecule has 0 atom stereocenters. The van der Waals surface area contributed by atoms with Crippen LogP contribution in [-0.2, 0) is 20.8 Å². The van der Waals surface area contributed by atoms with E-state index in [2.05, 4.69) is 5.32 Å². The first-order chi connectivity index (χ1) is 9.77. The molecule has 1 aliphatic rings. The molecule has 0 aliphatic carbocycles. The molecule has 0 aromatic heterocycles. The fourth-order valence-electron chi connectivity index (χ4n) is 2.07. The van der Waals surface area contributed by atoms with Crippen LogP contribution in [0.3, 0.4) is 0 Å². The number of rotatable bonds is 3. The van der Waals surface area contributed by atoms with Gasteiger partial charge in [-0.3, -0.25) is 9.00 Å². The molecule has 21 heavy (non-hydrogen) atoms. The molecule has 116 valence electrons. The summed E-state index contributed by atoms with van der Waals surface area (Å²) in [7, 11) is -5.06. The number of hydrogen-bond acceptors (Lipinski definition) is 4. The summed E-state index contributed by atoms with van der Waals surface area (Å²) < 4.78 is 47.1. The normalized spacial score (nSPS) is 22.8. The molecule has 9 heteroatoms. The Morgan fingerprint density at radius 2 is 1.95 bits per heavy atom. The van der Waals surface area contributed by atoms with Gasteiger partial charge >= 0.3 is 0 Å². The van der Waals surface area contributed by atoms with Crippen molar-refractivity contribution in [3.63, 3.8) is 0 Å². The van der Waals surface area contributed by atoms with E-state index in [1.165, 1.54) is 6.07 Å². The number of benzene rings is 1. The van der Waals surface area contributed by atoms with E-state index in [4.69, 9.17) is 5.14 Å². The molecule has 0 radical (unpaired) electrons. The summed E-state index contributed by atoms with van der Waals surface area (Å²) in [4.78, 5) is 11.3. The van der Waals surface area contributed by atoms with Gasteiger partial charge in [0, 0.05) is 33.9 Å². The largest absolute Gasteiger partial charge is 0.349 e. The summed E-state index contributed by atoms with van der Waals surface area (Å²) in [6, 6.07) is 2.89. The molecule has 2 rings (SSSR count). The van der Waals surface area contributed by atoms with Gasteiger partial charge in [0.05, 0.1) is 0 Å².